The first-order chi connectivity index (χ1) is 19.1. The Morgan fingerprint density at radius 1 is 1.18 bits per heavy atom. The number of hydrogen-bond donors (Lipinski definition) is 2. The van der Waals surface area contributed by atoms with Crippen LogP contribution in [0.3, 0.4) is 0 Å². The zero-order valence-corrected chi connectivity index (χ0v) is 22.2. The first kappa shape index (κ1) is 27.0. The van der Waals surface area contributed by atoms with Crippen LogP contribution in [0.25, 0.3) is 32.6 Å². The number of ether oxygens (including phenoxy) is 1. The molecule has 0 radical (unpaired) electrons. The Balaban J connectivity index is 1.77. The molecule has 1 fully saturated rings. The van der Waals surface area contributed by atoms with Crippen molar-refractivity contribution < 1.29 is 18.6 Å². The monoisotopic (exact) mass is 540 g/mol. The van der Waals surface area contributed by atoms with Crippen LogP contribution in [0.5, 0.6) is 5.75 Å². The number of hydrogen-bond acceptors (Lipinski definition) is 5. The highest BCUT2D eigenvalue weighted by Crippen LogP contribution is 2.34. The van der Waals surface area contributed by atoms with E-state index < -0.39 is 28.5 Å². The molecule has 3 aromatic carbocycles. The number of aliphatic hydroxyl groups is 1. The Hall–Kier alpha value is -4.57. The van der Waals surface area contributed by atoms with Gasteiger partial charge in [0.15, 0.2) is 23.1 Å². The van der Waals surface area contributed by atoms with Crippen molar-refractivity contribution in [2.24, 2.45) is 0 Å². The Kier molecular flexibility index (Phi) is 7.12. The Morgan fingerprint density at radius 2 is 1.88 bits per heavy atom. The molecule has 1 unspecified atom stereocenters. The summed E-state index contributed by atoms with van der Waals surface area (Å²) in [6.07, 6.45) is 1.53. The van der Waals surface area contributed by atoms with Gasteiger partial charge in [0.05, 0.1) is 36.3 Å². The number of rotatable bonds is 4. The van der Waals surface area contributed by atoms with Crippen LogP contribution in [0.2, 0.25) is 0 Å². The van der Waals surface area contributed by atoms with Crippen molar-refractivity contribution in [1.82, 2.24) is 14.9 Å². The Labute approximate surface area is 229 Å². The molecular weight excluding hydrogens is 514 g/mol. The fourth-order valence-corrected chi connectivity index (χ4v) is 4.79. The van der Waals surface area contributed by atoms with E-state index in [0.717, 1.165) is 18.6 Å². The van der Waals surface area contributed by atoms with Gasteiger partial charge < -0.3 is 15.2 Å². The molecule has 0 bridgehead atoms. The van der Waals surface area contributed by atoms with E-state index in [1.807, 2.05) is 12.1 Å². The summed E-state index contributed by atoms with van der Waals surface area (Å²) in [6.45, 7) is 11.5. The van der Waals surface area contributed by atoms with Gasteiger partial charge in [-0.15, -0.1) is 0 Å². The third kappa shape index (κ3) is 5.17. The van der Waals surface area contributed by atoms with E-state index in [9.17, 15) is 18.7 Å². The summed E-state index contributed by atoms with van der Waals surface area (Å²) in [7, 11) is 1.17. The molecule has 2 N–H and O–H groups in total. The third-order valence-corrected chi connectivity index (χ3v) is 6.64. The first-order valence-corrected chi connectivity index (χ1v) is 12.7. The molecule has 4 aromatic rings. The van der Waals surface area contributed by atoms with Crippen molar-refractivity contribution in [2.45, 2.75) is 38.3 Å². The van der Waals surface area contributed by atoms with Gasteiger partial charge in [-0.05, 0) is 68.6 Å². The van der Waals surface area contributed by atoms with E-state index >= 15 is 0 Å². The van der Waals surface area contributed by atoms with Crippen molar-refractivity contribution in [3.63, 3.8) is 0 Å². The molecule has 1 aliphatic rings. The van der Waals surface area contributed by atoms with Crippen molar-refractivity contribution in [3.05, 3.63) is 93.3 Å². The molecular formula is C31H26F2N4O3. The number of nitrogens with zero attached hydrogens (tertiary/aromatic N) is 3. The highest BCUT2D eigenvalue weighted by atomic mass is 19.1. The molecule has 40 heavy (non-hydrogen) atoms. The van der Waals surface area contributed by atoms with Gasteiger partial charge in [0, 0.05) is 17.7 Å². The quantitative estimate of drug-likeness (QED) is 0.266. The zero-order chi connectivity index (χ0) is 28.6. The fourth-order valence-electron chi connectivity index (χ4n) is 4.79. The molecule has 1 aromatic heterocycles. The number of fused-ring (bicyclic) bond motifs is 1. The average molecular weight is 541 g/mol. The van der Waals surface area contributed by atoms with Crippen LogP contribution in [0.1, 0.15) is 44.1 Å². The molecule has 7 nitrogen and oxygen atoms in total. The first-order valence-electron chi connectivity index (χ1n) is 12.7. The predicted octanol–water partition coefficient (Wildman–Crippen LogP) is 5.44. The smallest absolute Gasteiger partial charge is 0.264 e. The minimum Gasteiger partial charge on any atom is -0.491 e. The normalized spacial score (nSPS) is 15.0. The average Bonchev–Trinajstić information content (AvgIpc) is 3.46. The molecule has 0 saturated carbocycles. The van der Waals surface area contributed by atoms with E-state index in [-0.39, 0.29) is 22.8 Å². The van der Waals surface area contributed by atoms with E-state index in [0.29, 0.717) is 41.0 Å². The molecule has 1 aliphatic heterocycles. The van der Waals surface area contributed by atoms with Gasteiger partial charge in [-0.25, -0.2) is 18.6 Å². The minimum atomic E-state index is -1.14. The van der Waals surface area contributed by atoms with Gasteiger partial charge in [0.25, 0.3) is 5.56 Å². The second-order valence-corrected chi connectivity index (χ2v) is 10.1. The van der Waals surface area contributed by atoms with Crippen molar-refractivity contribution in [2.75, 3.05) is 13.7 Å². The summed E-state index contributed by atoms with van der Waals surface area (Å²) in [4.78, 5) is 22.5. The highest BCUT2D eigenvalue weighted by Gasteiger charge is 2.26. The molecule has 5 rings (SSSR count). The van der Waals surface area contributed by atoms with Crippen LogP contribution in [-0.4, -0.2) is 33.9 Å². The maximum absolute atomic E-state index is 14.7. The molecule has 2 heterocycles. The van der Waals surface area contributed by atoms with E-state index in [4.69, 9.17) is 16.3 Å². The number of halogens is 2. The zero-order valence-electron chi connectivity index (χ0n) is 22.2. The number of aromatic nitrogens is 2. The SMILES string of the molecule is [C-]#[N+]c1cc(-c2ccc(C#CC(C)(C)O)cc2)c2nc(C3CCCN3)n(-c3cc(F)c(OC)c(F)c3)c(=O)c2c1. The summed E-state index contributed by atoms with van der Waals surface area (Å²) in [5.74, 6) is 3.58. The van der Waals surface area contributed by atoms with Crippen molar-refractivity contribution in [1.29, 1.82) is 0 Å². The topological polar surface area (TPSA) is 80.7 Å². The van der Waals surface area contributed by atoms with Gasteiger partial charge in [0.1, 0.15) is 11.4 Å². The van der Waals surface area contributed by atoms with Gasteiger partial charge in [0.2, 0.25) is 0 Å². The summed E-state index contributed by atoms with van der Waals surface area (Å²) >= 11 is 0. The largest absolute Gasteiger partial charge is 0.491 e. The molecule has 1 saturated heterocycles. The summed E-state index contributed by atoms with van der Waals surface area (Å²) < 4.78 is 35.5. The minimum absolute atomic E-state index is 0.0246. The molecule has 1 atom stereocenters. The highest BCUT2D eigenvalue weighted by molar-refractivity contribution is 5.96. The third-order valence-electron chi connectivity index (χ3n) is 6.64. The van der Waals surface area contributed by atoms with Crippen LogP contribution < -0.4 is 15.6 Å². The lowest BCUT2D eigenvalue weighted by Crippen LogP contribution is -2.29. The van der Waals surface area contributed by atoms with Crippen LogP contribution in [0.4, 0.5) is 14.5 Å². The Morgan fingerprint density at radius 3 is 2.45 bits per heavy atom. The lowest BCUT2D eigenvalue weighted by molar-refractivity contribution is 0.143. The van der Waals surface area contributed by atoms with Gasteiger partial charge >= 0.3 is 0 Å². The molecule has 202 valence electrons. The summed E-state index contributed by atoms with van der Waals surface area (Å²) in [6, 6.07) is 12.1. The van der Waals surface area contributed by atoms with Crippen LogP contribution >= 0.6 is 0 Å². The molecule has 0 spiro atoms. The van der Waals surface area contributed by atoms with Crippen molar-refractivity contribution in [3.8, 4) is 34.4 Å². The second kappa shape index (κ2) is 10.5. The lowest BCUT2D eigenvalue weighted by Gasteiger charge is -2.20. The second-order valence-electron chi connectivity index (χ2n) is 10.1. The fraction of sp³-hybridized carbons (Fsp3) is 0.258. The number of benzene rings is 3. The summed E-state index contributed by atoms with van der Waals surface area (Å²) in [5, 5.41) is 13.4. The van der Waals surface area contributed by atoms with Crippen LogP contribution in [-0.2, 0) is 0 Å². The molecule has 9 heteroatoms. The number of methoxy groups -OCH3 is 1. The van der Waals surface area contributed by atoms with Crippen LogP contribution in [0.15, 0.2) is 53.3 Å². The number of nitrogens with one attached hydrogen (secondary N) is 1. The van der Waals surface area contributed by atoms with E-state index in [1.165, 1.54) is 17.7 Å². The Bertz CT molecular complexity index is 1760. The van der Waals surface area contributed by atoms with Crippen LogP contribution in [0, 0.1) is 30.0 Å². The lowest BCUT2D eigenvalue weighted by atomic mass is 9.99. The standard InChI is InChI=1S/C31H26F2N4O3/c1-31(2,39)12-11-18-7-9-19(10-8-18)22-14-20(34-3)15-23-27(22)36-29(26-6-5-13-35-26)37(30(23)38)21-16-24(32)28(40-4)25(33)17-21/h7-10,14-17,26,35,39H,5-6,13H2,1-2,4H3. The summed E-state index contributed by atoms with van der Waals surface area (Å²) in [5.41, 5.74) is 0.858. The van der Waals surface area contributed by atoms with Gasteiger partial charge in [-0.3, -0.25) is 9.36 Å². The predicted molar refractivity (Wildman–Crippen MR) is 149 cm³/mol. The molecule has 0 amide bonds. The maximum Gasteiger partial charge on any atom is 0.264 e. The van der Waals surface area contributed by atoms with Gasteiger partial charge in [-0.1, -0.05) is 24.0 Å². The van der Waals surface area contributed by atoms with Gasteiger partial charge in [-0.2, -0.15) is 0 Å². The van der Waals surface area contributed by atoms with Crippen molar-refractivity contribution >= 4 is 16.6 Å². The van der Waals surface area contributed by atoms with E-state index in [2.05, 4.69) is 22.0 Å². The molecule has 0 aliphatic carbocycles. The van der Waals surface area contributed by atoms with E-state index in [1.54, 1.807) is 32.0 Å². The maximum atomic E-state index is 14.7.